The number of aromatic nitrogens is 1. The topological polar surface area (TPSA) is 12.9 Å². The lowest BCUT2D eigenvalue weighted by Crippen LogP contribution is -1.93. The predicted octanol–water partition coefficient (Wildman–Crippen LogP) is 3.93. The van der Waals surface area contributed by atoms with Gasteiger partial charge in [0, 0.05) is 11.9 Å². The standard InChI is InChI=1S/C10H15NS2/c1-3-10(13-12-4-2)9-7-5-6-8-11-9/h5-8,10H,3-4H2,1-2H3. The van der Waals surface area contributed by atoms with Gasteiger partial charge in [0.15, 0.2) is 0 Å². The molecule has 0 saturated carbocycles. The van der Waals surface area contributed by atoms with Crippen LogP contribution in [0.4, 0.5) is 0 Å². The maximum atomic E-state index is 4.37. The second-order valence-electron chi connectivity index (χ2n) is 2.65. The van der Waals surface area contributed by atoms with Gasteiger partial charge in [-0.3, -0.25) is 4.98 Å². The molecule has 1 aromatic heterocycles. The Bertz CT molecular complexity index is 226. The van der Waals surface area contributed by atoms with E-state index in [9.17, 15) is 0 Å². The minimum Gasteiger partial charge on any atom is -0.260 e. The molecule has 0 amide bonds. The van der Waals surface area contributed by atoms with Gasteiger partial charge in [0.25, 0.3) is 0 Å². The maximum Gasteiger partial charge on any atom is 0.0571 e. The summed E-state index contributed by atoms with van der Waals surface area (Å²) in [6.07, 6.45) is 3.02. The highest BCUT2D eigenvalue weighted by Crippen LogP contribution is 2.38. The molecule has 72 valence electrons. The smallest absolute Gasteiger partial charge is 0.0571 e. The number of pyridine rings is 1. The number of hydrogen-bond donors (Lipinski definition) is 0. The summed E-state index contributed by atoms with van der Waals surface area (Å²) < 4.78 is 0. The molecule has 0 bridgehead atoms. The first-order chi connectivity index (χ1) is 6.38. The Hall–Kier alpha value is -0.150. The number of rotatable bonds is 5. The molecule has 0 N–H and O–H groups in total. The lowest BCUT2D eigenvalue weighted by Gasteiger charge is -2.11. The van der Waals surface area contributed by atoms with Gasteiger partial charge in [-0.25, -0.2) is 0 Å². The summed E-state index contributed by atoms with van der Waals surface area (Å²) in [4.78, 5) is 4.37. The van der Waals surface area contributed by atoms with Crippen LogP contribution in [-0.2, 0) is 0 Å². The van der Waals surface area contributed by atoms with Crippen molar-refractivity contribution in [2.45, 2.75) is 25.5 Å². The van der Waals surface area contributed by atoms with Gasteiger partial charge >= 0.3 is 0 Å². The van der Waals surface area contributed by atoms with Crippen molar-refractivity contribution in [3.8, 4) is 0 Å². The van der Waals surface area contributed by atoms with E-state index in [2.05, 4.69) is 31.0 Å². The number of nitrogens with zero attached hydrogens (tertiary/aromatic N) is 1. The van der Waals surface area contributed by atoms with Gasteiger partial charge in [-0.2, -0.15) is 0 Å². The molecule has 0 radical (unpaired) electrons. The van der Waals surface area contributed by atoms with Crippen LogP contribution in [0.5, 0.6) is 0 Å². The Labute approximate surface area is 88.1 Å². The van der Waals surface area contributed by atoms with E-state index < -0.39 is 0 Å². The van der Waals surface area contributed by atoms with E-state index >= 15 is 0 Å². The normalized spacial score (nSPS) is 12.8. The van der Waals surface area contributed by atoms with Crippen LogP contribution < -0.4 is 0 Å². The van der Waals surface area contributed by atoms with Gasteiger partial charge in [0.2, 0.25) is 0 Å². The molecule has 0 aliphatic rings. The number of hydrogen-bond acceptors (Lipinski definition) is 3. The van der Waals surface area contributed by atoms with Crippen LogP contribution in [0.3, 0.4) is 0 Å². The van der Waals surface area contributed by atoms with Crippen LogP contribution in [0.2, 0.25) is 0 Å². The molecule has 0 aliphatic heterocycles. The third kappa shape index (κ3) is 3.61. The van der Waals surface area contributed by atoms with Gasteiger partial charge in [0.05, 0.1) is 10.9 Å². The Morgan fingerprint density at radius 3 is 2.77 bits per heavy atom. The van der Waals surface area contributed by atoms with Gasteiger partial charge in [-0.15, -0.1) is 0 Å². The SMILES string of the molecule is CCSSC(CC)c1ccccn1. The van der Waals surface area contributed by atoms with E-state index in [1.807, 2.05) is 33.9 Å². The highest BCUT2D eigenvalue weighted by Gasteiger charge is 2.09. The molecular weight excluding hydrogens is 198 g/mol. The van der Waals surface area contributed by atoms with E-state index in [0.29, 0.717) is 5.25 Å². The summed E-state index contributed by atoms with van der Waals surface area (Å²) in [5.74, 6) is 1.16. The molecule has 13 heavy (non-hydrogen) atoms. The first-order valence-electron chi connectivity index (χ1n) is 4.57. The van der Waals surface area contributed by atoms with Crippen molar-refractivity contribution in [1.82, 2.24) is 4.98 Å². The van der Waals surface area contributed by atoms with Crippen molar-refractivity contribution in [3.05, 3.63) is 30.1 Å². The van der Waals surface area contributed by atoms with E-state index in [1.54, 1.807) is 0 Å². The van der Waals surface area contributed by atoms with Crippen molar-refractivity contribution in [3.63, 3.8) is 0 Å². The predicted molar refractivity (Wildman–Crippen MR) is 63.0 cm³/mol. The minimum absolute atomic E-state index is 0.547. The fraction of sp³-hybridized carbons (Fsp3) is 0.500. The van der Waals surface area contributed by atoms with Gasteiger partial charge in [-0.1, -0.05) is 41.5 Å². The van der Waals surface area contributed by atoms with Crippen LogP contribution in [0, 0.1) is 0 Å². The van der Waals surface area contributed by atoms with Crippen LogP contribution >= 0.6 is 21.6 Å². The average molecular weight is 213 g/mol. The molecule has 1 heterocycles. The molecule has 0 fully saturated rings. The minimum atomic E-state index is 0.547. The largest absolute Gasteiger partial charge is 0.260 e. The summed E-state index contributed by atoms with van der Waals surface area (Å²) in [7, 11) is 3.84. The average Bonchev–Trinajstić information content (AvgIpc) is 2.21. The Morgan fingerprint density at radius 2 is 2.23 bits per heavy atom. The van der Waals surface area contributed by atoms with E-state index in [0.717, 1.165) is 12.2 Å². The Morgan fingerprint density at radius 1 is 1.38 bits per heavy atom. The van der Waals surface area contributed by atoms with Crippen LogP contribution in [-0.4, -0.2) is 10.7 Å². The van der Waals surface area contributed by atoms with Gasteiger partial charge in [0.1, 0.15) is 0 Å². The summed E-state index contributed by atoms with van der Waals surface area (Å²) in [5.41, 5.74) is 1.20. The van der Waals surface area contributed by atoms with Gasteiger partial charge in [-0.05, 0) is 18.6 Å². The summed E-state index contributed by atoms with van der Waals surface area (Å²) in [6.45, 7) is 4.39. The molecule has 0 aromatic carbocycles. The fourth-order valence-corrected chi connectivity index (χ4v) is 3.32. The molecule has 1 aromatic rings. The third-order valence-corrected chi connectivity index (χ3v) is 4.68. The Balaban J connectivity index is 2.56. The third-order valence-electron chi connectivity index (χ3n) is 1.69. The molecule has 1 nitrogen and oxygen atoms in total. The lowest BCUT2D eigenvalue weighted by molar-refractivity contribution is 0.863. The quantitative estimate of drug-likeness (QED) is 0.688. The van der Waals surface area contributed by atoms with E-state index in [4.69, 9.17) is 0 Å². The van der Waals surface area contributed by atoms with Crippen LogP contribution in [0.25, 0.3) is 0 Å². The summed E-state index contributed by atoms with van der Waals surface area (Å²) in [5, 5.41) is 0.547. The molecule has 0 saturated heterocycles. The second kappa shape index (κ2) is 6.33. The van der Waals surface area contributed by atoms with Gasteiger partial charge < -0.3 is 0 Å². The van der Waals surface area contributed by atoms with Crippen molar-refractivity contribution < 1.29 is 0 Å². The highest BCUT2D eigenvalue weighted by atomic mass is 33.1. The fourth-order valence-electron chi connectivity index (χ4n) is 1.04. The first-order valence-corrected chi connectivity index (χ1v) is 6.95. The van der Waals surface area contributed by atoms with Crippen LogP contribution in [0.15, 0.2) is 24.4 Å². The van der Waals surface area contributed by atoms with E-state index in [1.165, 1.54) is 5.69 Å². The molecule has 1 atom stereocenters. The highest BCUT2D eigenvalue weighted by molar-refractivity contribution is 8.76. The maximum absolute atomic E-state index is 4.37. The van der Waals surface area contributed by atoms with Crippen molar-refractivity contribution in [2.75, 3.05) is 5.75 Å². The molecule has 1 unspecified atom stereocenters. The second-order valence-corrected chi connectivity index (χ2v) is 5.51. The zero-order valence-corrected chi connectivity index (χ0v) is 9.70. The van der Waals surface area contributed by atoms with E-state index in [-0.39, 0.29) is 0 Å². The molecule has 0 spiro atoms. The molecule has 3 heteroatoms. The van der Waals surface area contributed by atoms with Crippen LogP contribution in [0.1, 0.15) is 31.2 Å². The Kier molecular flexibility index (Phi) is 5.32. The van der Waals surface area contributed by atoms with Crippen molar-refractivity contribution in [1.29, 1.82) is 0 Å². The first kappa shape index (κ1) is 10.9. The zero-order chi connectivity index (χ0) is 9.52. The van der Waals surface area contributed by atoms with Crippen molar-refractivity contribution >= 4 is 21.6 Å². The monoisotopic (exact) mass is 213 g/mol. The molecular formula is C10H15NS2. The summed E-state index contributed by atoms with van der Waals surface area (Å²) in [6, 6.07) is 6.13. The van der Waals surface area contributed by atoms with Crippen molar-refractivity contribution in [2.24, 2.45) is 0 Å². The summed E-state index contributed by atoms with van der Waals surface area (Å²) >= 11 is 0. The lowest BCUT2D eigenvalue weighted by atomic mass is 10.2. The zero-order valence-electron chi connectivity index (χ0n) is 8.06. The molecule has 1 rings (SSSR count). The molecule has 0 aliphatic carbocycles.